The van der Waals surface area contributed by atoms with Crippen LogP contribution >= 0.6 is 12.4 Å². The maximum absolute atomic E-state index is 13.1. The van der Waals surface area contributed by atoms with Gasteiger partial charge in [-0.3, -0.25) is 9.59 Å². The molecule has 2 amide bonds. The van der Waals surface area contributed by atoms with E-state index >= 15 is 0 Å². The number of benzene rings is 2. The SMILES string of the molecule is COc1ccc2cc(C(C)C(=O)N3CCCC(C(=O)NCCN)C3)ccc2c1.Cl. The van der Waals surface area contributed by atoms with E-state index in [-0.39, 0.29) is 36.1 Å². The molecular formula is C22H30ClN3O3. The highest BCUT2D eigenvalue weighted by Gasteiger charge is 2.30. The number of amides is 2. The molecule has 1 fully saturated rings. The Labute approximate surface area is 178 Å². The van der Waals surface area contributed by atoms with Crippen LogP contribution in [0.5, 0.6) is 5.75 Å². The quantitative estimate of drug-likeness (QED) is 0.753. The second-order valence-electron chi connectivity index (χ2n) is 7.40. The number of nitrogens with two attached hydrogens (primary N) is 1. The van der Waals surface area contributed by atoms with Crippen LogP contribution in [0, 0.1) is 5.92 Å². The number of halogens is 1. The first kappa shape index (κ1) is 23.0. The van der Waals surface area contributed by atoms with E-state index in [1.807, 2.05) is 42.2 Å². The van der Waals surface area contributed by atoms with Gasteiger partial charge in [-0.15, -0.1) is 12.4 Å². The molecule has 29 heavy (non-hydrogen) atoms. The van der Waals surface area contributed by atoms with Crippen LogP contribution < -0.4 is 15.8 Å². The first-order chi connectivity index (χ1) is 13.5. The summed E-state index contributed by atoms with van der Waals surface area (Å²) in [6.07, 6.45) is 1.66. The first-order valence-electron chi connectivity index (χ1n) is 9.87. The topological polar surface area (TPSA) is 84.7 Å². The van der Waals surface area contributed by atoms with Gasteiger partial charge in [0, 0.05) is 26.2 Å². The molecular weight excluding hydrogens is 390 g/mol. The number of fused-ring (bicyclic) bond motifs is 1. The third kappa shape index (κ3) is 5.40. The second-order valence-corrected chi connectivity index (χ2v) is 7.40. The van der Waals surface area contributed by atoms with Gasteiger partial charge in [0.2, 0.25) is 11.8 Å². The smallest absolute Gasteiger partial charge is 0.229 e. The van der Waals surface area contributed by atoms with Crippen molar-refractivity contribution in [3.63, 3.8) is 0 Å². The minimum Gasteiger partial charge on any atom is -0.497 e. The Morgan fingerprint density at radius 2 is 1.97 bits per heavy atom. The number of likely N-dealkylation sites (tertiary alicyclic amines) is 1. The van der Waals surface area contributed by atoms with E-state index < -0.39 is 0 Å². The molecule has 2 atom stereocenters. The van der Waals surface area contributed by atoms with E-state index in [4.69, 9.17) is 10.5 Å². The third-order valence-corrected chi connectivity index (χ3v) is 5.49. The zero-order valence-electron chi connectivity index (χ0n) is 17.0. The second kappa shape index (κ2) is 10.5. The standard InChI is InChI=1S/C22H29N3O3.ClH/c1-15(16-5-6-18-13-20(28-2)8-7-17(18)12-16)22(27)25-11-3-4-19(14-25)21(26)24-10-9-23;/h5-8,12-13,15,19H,3-4,9-11,14,23H2,1-2H3,(H,24,26);1H. The van der Waals surface area contributed by atoms with Gasteiger partial charge < -0.3 is 20.7 Å². The van der Waals surface area contributed by atoms with Crippen LogP contribution in [0.4, 0.5) is 0 Å². The van der Waals surface area contributed by atoms with Gasteiger partial charge in [-0.05, 0) is 48.2 Å². The molecule has 1 aliphatic rings. The van der Waals surface area contributed by atoms with Gasteiger partial charge in [-0.1, -0.05) is 24.3 Å². The number of hydrogen-bond donors (Lipinski definition) is 2. The fourth-order valence-electron chi connectivity index (χ4n) is 3.79. The molecule has 1 aliphatic heterocycles. The molecule has 0 saturated carbocycles. The van der Waals surface area contributed by atoms with Gasteiger partial charge in [0.1, 0.15) is 5.75 Å². The number of rotatable bonds is 6. The van der Waals surface area contributed by atoms with Crippen LogP contribution in [0.25, 0.3) is 10.8 Å². The molecule has 2 unspecified atom stereocenters. The van der Waals surface area contributed by atoms with E-state index in [1.165, 1.54) is 0 Å². The van der Waals surface area contributed by atoms with Crippen molar-refractivity contribution in [3.8, 4) is 5.75 Å². The highest BCUT2D eigenvalue weighted by Crippen LogP contribution is 2.27. The Bertz CT molecular complexity index is 858. The van der Waals surface area contributed by atoms with Crippen molar-refractivity contribution in [2.45, 2.75) is 25.7 Å². The van der Waals surface area contributed by atoms with E-state index in [2.05, 4.69) is 11.4 Å². The number of methoxy groups -OCH3 is 1. The summed E-state index contributed by atoms with van der Waals surface area (Å²) in [5, 5.41) is 5.00. The lowest BCUT2D eigenvalue weighted by atomic mass is 9.93. The molecule has 2 aromatic carbocycles. The summed E-state index contributed by atoms with van der Waals surface area (Å²) in [5.74, 6) is 0.481. The minimum atomic E-state index is -0.252. The molecule has 0 spiro atoms. The van der Waals surface area contributed by atoms with Gasteiger partial charge >= 0.3 is 0 Å². The molecule has 0 aliphatic carbocycles. The van der Waals surface area contributed by atoms with Gasteiger partial charge in [-0.2, -0.15) is 0 Å². The fourth-order valence-corrected chi connectivity index (χ4v) is 3.79. The Hall–Kier alpha value is -2.31. The van der Waals surface area contributed by atoms with Crippen molar-refractivity contribution in [1.82, 2.24) is 10.2 Å². The van der Waals surface area contributed by atoms with Crippen molar-refractivity contribution in [2.24, 2.45) is 11.7 Å². The van der Waals surface area contributed by atoms with Crippen molar-refractivity contribution < 1.29 is 14.3 Å². The first-order valence-corrected chi connectivity index (χ1v) is 9.87. The zero-order valence-corrected chi connectivity index (χ0v) is 17.8. The molecule has 1 heterocycles. The molecule has 3 N–H and O–H groups in total. The maximum Gasteiger partial charge on any atom is 0.229 e. The van der Waals surface area contributed by atoms with Crippen LogP contribution in [-0.4, -0.2) is 50.0 Å². The van der Waals surface area contributed by atoms with E-state index in [1.54, 1.807) is 7.11 Å². The summed E-state index contributed by atoms with van der Waals surface area (Å²) in [6.45, 7) is 4.01. The number of ether oxygens (including phenoxy) is 1. The van der Waals surface area contributed by atoms with Crippen molar-refractivity contribution in [2.75, 3.05) is 33.3 Å². The predicted octanol–water partition coefficient (Wildman–Crippen LogP) is 2.69. The van der Waals surface area contributed by atoms with Gasteiger partial charge in [0.05, 0.1) is 18.9 Å². The Kier molecular flexibility index (Phi) is 8.29. The summed E-state index contributed by atoms with van der Waals surface area (Å²) < 4.78 is 5.27. The summed E-state index contributed by atoms with van der Waals surface area (Å²) in [7, 11) is 1.65. The predicted molar refractivity (Wildman–Crippen MR) is 118 cm³/mol. The lowest BCUT2D eigenvalue weighted by Crippen LogP contribution is -2.47. The van der Waals surface area contributed by atoms with Crippen LogP contribution in [0.15, 0.2) is 36.4 Å². The van der Waals surface area contributed by atoms with E-state index in [9.17, 15) is 9.59 Å². The van der Waals surface area contributed by atoms with Crippen molar-refractivity contribution in [3.05, 3.63) is 42.0 Å². The molecule has 7 heteroatoms. The maximum atomic E-state index is 13.1. The van der Waals surface area contributed by atoms with Crippen molar-refractivity contribution in [1.29, 1.82) is 0 Å². The molecule has 0 bridgehead atoms. The molecule has 0 radical (unpaired) electrons. The number of carbonyl (C=O) groups is 2. The molecule has 2 aromatic rings. The van der Waals surface area contributed by atoms with Crippen LogP contribution in [0.2, 0.25) is 0 Å². The average molecular weight is 420 g/mol. The zero-order chi connectivity index (χ0) is 20.1. The number of nitrogens with zero attached hydrogens (tertiary/aromatic N) is 1. The normalized spacial score (nSPS) is 17.3. The van der Waals surface area contributed by atoms with Crippen molar-refractivity contribution >= 4 is 35.0 Å². The Morgan fingerprint density at radius 1 is 1.24 bits per heavy atom. The number of carbonyl (C=O) groups excluding carboxylic acids is 2. The van der Waals surface area contributed by atoms with Crippen LogP contribution in [0.3, 0.4) is 0 Å². The molecule has 158 valence electrons. The van der Waals surface area contributed by atoms with Gasteiger partial charge in [-0.25, -0.2) is 0 Å². The fraction of sp³-hybridized carbons (Fsp3) is 0.455. The van der Waals surface area contributed by atoms with E-state index in [0.717, 1.165) is 34.9 Å². The van der Waals surface area contributed by atoms with Gasteiger partial charge in [0.25, 0.3) is 0 Å². The molecule has 1 saturated heterocycles. The lowest BCUT2D eigenvalue weighted by Gasteiger charge is -2.34. The minimum absolute atomic E-state index is 0. The number of nitrogens with one attached hydrogen (secondary N) is 1. The van der Waals surface area contributed by atoms with Gasteiger partial charge in [0.15, 0.2) is 0 Å². The molecule has 3 rings (SSSR count). The van der Waals surface area contributed by atoms with E-state index in [0.29, 0.717) is 26.2 Å². The average Bonchev–Trinajstić information content (AvgIpc) is 2.75. The molecule has 6 nitrogen and oxygen atoms in total. The summed E-state index contributed by atoms with van der Waals surface area (Å²) in [5.41, 5.74) is 6.44. The lowest BCUT2D eigenvalue weighted by molar-refractivity contribution is -0.136. The number of piperidine rings is 1. The Morgan fingerprint density at radius 3 is 2.69 bits per heavy atom. The summed E-state index contributed by atoms with van der Waals surface area (Å²) >= 11 is 0. The highest BCUT2D eigenvalue weighted by molar-refractivity contribution is 5.89. The summed E-state index contributed by atoms with van der Waals surface area (Å²) in [4.78, 5) is 27.2. The monoisotopic (exact) mass is 419 g/mol. The third-order valence-electron chi connectivity index (χ3n) is 5.49. The van der Waals surface area contributed by atoms with Crippen LogP contribution in [0.1, 0.15) is 31.2 Å². The molecule has 0 aromatic heterocycles. The number of hydrogen-bond acceptors (Lipinski definition) is 4. The summed E-state index contributed by atoms with van der Waals surface area (Å²) in [6, 6.07) is 12.0. The highest BCUT2D eigenvalue weighted by atomic mass is 35.5. The van der Waals surface area contributed by atoms with Crippen LogP contribution in [-0.2, 0) is 9.59 Å². The Balaban J connectivity index is 0.00000300. The largest absolute Gasteiger partial charge is 0.497 e.